The van der Waals surface area contributed by atoms with Crippen LogP contribution in [0.15, 0.2) is 48.5 Å². The first-order valence-electron chi connectivity index (χ1n) is 8.42. The fourth-order valence-corrected chi connectivity index (χ4v) is 2.44. The minimum atomic E-state index is -0.536. The number of anilines is 2. The molecule has 2 rings (SSSR count). The summed E-state index contributed by atoms with van der Waals surface area (Å²) in [6.45, 7) is 7.57. The number of carbonyl (C=O) groups excluding carboxylic acids is 1. The van der Waals surface area contributed by atoms with Crippen molar-refractivity contribution in [3.8, 4) is 5.75 Å². The zero-order valence-corrected chi connectivity index (χ0v) is 15.2. The van der Waals surface area contributed by atoms with Crippen LogP contribution in [0.2, 0.25) is 0 Å². The van der Waals surface area contributed by atoms with Crippen LogP contribution in [-0.2, 0) is 4.74 Å². The van der Waals surface area contributed by atoms with Gasteiger partial charge < -0.3 is 15.2 Å². The number of nitrogens with one attached hydrogen (secondary N) is 2. The van der Waals surface area contributed by atoms with Crippen molar-refractivity contribution >= 4 is 17.5 Å². The lowest BCUT2D eigenvalue weighted by molar-refractivity contribution is 0.0636. The third-order valence-corrected chi connectivity index (χ3v) is 3.55. The Hall–Kier alpha value is -2.69. The van der Waals surface area contributed by atoms with Crippen LogP contribution in [0.5, 0.6) is 5.75 Å². The highest BCUT2D eigenvalue weighted by Crippen LogP contribution is 2.25. The minimum Gasteiger partial charge on any atom is -0.508 e. The summed E-state index contributed by atoms with van der Waals surface area (Å²) in [5.74, 6) is 0.252. The van der Waals surface area contributed by atoms with Gasteiger partial charge in [-0.15, -0.1) is 0 Å². The smallest absolute Gasteiger partial charge is 0.412 e. The molecule has 0 saturated carbocycles. The number of hydrogen-bond acceptors (Lipinski definition) is 4. The number of ether oxygens (including phenoxy) is 1. The number of carbonyl (C=O) groups is 1. The van der Waals surface area contributed by atoms with Gasteiger partial charge in [0.15, 0.2) is 0 Å². The van der Waals surface area contributed by atoms with Crippen LogP contribution in [0.1, 0.15) is 45.7 Å². The number of benzene rings is 2. The number of rotatable bonds is 5. The van der Waals surface area contributed by atoms with Crippen molar-refractivity contribution in [3.05, 3.63) is 54.1 Å². The summed E-state index contributed by atoms with van der Waals surface area (Å²) in [6.07, 6.45) is 0.407. The molecular formula is C20H26N2O3. The Morgan fingerprint density at radius 2 is 1.76 bits per heavy atom. The molecule has 0 aromatic heterocycles. The van der Waals surface area contributed by atoms with Gasteiger partial charge in [-0.25, -0.2) is 4.79 Å². The van der Waals surface area contributed by atoms with Crippen LogP contribution in [0.25, 0.3) is 0 Å². The second kappa shape index (κ2) is 7.92. The van der Waals surface area contributed by atoms with E-state index >= 15 is 0 Å². The molecule has 134 valence electrons. The molecule has 0 radical (unpaired) electrons. The summed E-state index contributed by atoms with van der Waals surface area (Å²) < 4.78 is 5.27. The maximum Gasteiger partial charge on any atom is 0.412 e. The molecule has 3 N–H and O–H groups in total. The number of phenols is 1. The molecule has 0 heterocycles. The van der Waals surface area contributed by atoms with Gasteiger partial charge in [-0.3, -0.25) is 5.32 Å². The van der Waals surface area contributed by atoms with Crippen molar-refractivity contribution in [3.63, 3.8) is 0 Å². The maximum absolute atomic E-state index is 11.9. The molecule has 0 spiro atoms. The lowest BCUT2D eigenvalue weighted by atomic mass is 10.0. The van der Waals surface area contributed by atoms with Gasteiger partial charge in [0.25, 0.3) is 0 Å². The molecule has 5 nitrogen and oxygen atoms in total. The molecule has 2 aromatic rings. The van der Waals surface area contributed by atoms with Crippen molar-refractivity contribution in [2.24, 2.45) is 0 Å². The summed E-state index contributed by atoms with van der Waals surface area (Å²) in [7, 11) is 0. The lowest BCUT2D eigenvalue weighted by Crippen LogP contribution is -2.27. The molecule has 0 saturated heterocycles. The van der Waals surface area contributed by atoms with Crippen LogP contribution >= 0.6 is 0 Å². The number of phenolic OH excluding ortho intramolecular Hbond substituents is 1. The summed E-state index contributed by atoms with van der Waals surface area (Å²) in [5, 5.41) is 15.6. The zero-order chi connectivity index (χ0) is 18.4. The van der Waals surface area contributed by atoms with E-state index in [9.17, 15) is 9.90 Å². The van der Waals surface area contributed by atoms with E-state index in [2.05, 4.69) is 17.6 Å². The third kappa shape index (κ3) is 6.03. The first kappa shape index (κ1) is 18.6. The Morgan fingerprint density at radius 3 is 2.36 bits per heavy atom. The van der Waals surface area contributed by atoms with E-state index in [0.717, 1.165) is 17.7 Å². The largest absolute Gasteiger partial charge is 0.508 e. The highest BCUT2D eigenvalue weighted by Gasteiger charge is 2.16. The van der Waals surface area contributed by atoms with E-state index in [1.54, 1.807) is 12.1 Å². The van der Waals surface area contributed by atoms with E-state index < -0.39 is 11.7 Å². The summed E-state index contributed by atoms with van der Waals surface area (Å²) in [6, 6.07) is 14.8. The third-order valence-electron chi connectivity index (χ3n) is 3.55. The first-order valence-corrected chi connectivity index (χ1v) is 8.42. The SMILES string of the molecule is CCC(Nc1cccc(NC(=O)OC(C)(C)C)c1)c1ccc(O)cc1. The summed E-state index contributed by atoms with van der Waals surface area (Å²) in [4.78, 5) is 11.9. The molecule has 0 fully saturated rings. The predicted molar refractivity (Wildman–Crippen MR) is 101 cm³/mol. The van der Waals surface area contributed by atoms with Gasteiger partial charge in [-0.1, -0.05) is 25.1 Å². The van der Waals surface area contributed by atoms with Gasteiger partial charge >= 0.3 is 6.09 Å². The van der Waals surface area contributed by atoms with Gasteiger partial charge in [0, 0.05) is 11.4 Å². The zero-order valence-electron chi connectivity index (χ0n) is 15.2. The van der Waals surface area contributed by atoms with Crippen molar-refractivity contribution in [2.75, 3.05) is 10.6 Å². The van der Waals surface area contributed by atoms with Gasteiger partial charge in [-0.2, -0.15) is 0 Å². The standard InChI is InChI=1S/C20H26N2O3/c1-5-18(14-9-11-17(23)12-10-14)21-15-7-6-8-16(13-15)22-19(24)25-20(2,3)4/h6-13,18,21,23H,5H2,1-4H3,(H,22,24). The van der Waals surface area contributed by atoms with Crippen molar-refractivity contribution in [2.45, 2.75) is 45.8 Å². The van der Waals surface area contributed by atoms with E-state index in [4.69, 9.17) is 4.74 Å². The highest BCUT2D eigenvalue weighted by atomic mass is 16.6. The number of aromatic hydroxyl groups is 1. The molecule has 25 heavy (non-hydrogen) atoms. The molecule has 0 bridgehead atoms. The molecule has 5 heteroatoms. The first-order chi connectivity index (χ1) is 11.8. The van der Waals surface area contributed by atoms with Gasteiger partial charge in [0.05, 0.1) is 6.04 Å². The summed E-state index contributed by atoms with van der Waals surface area (Å²) in [5.41, 5.74) is 2.12. The molecule has 0 aliphatic heterocycles. The van der Waals surface area contributed by atoms with E-state index in [0.29, 0.717) is 5.69 Å². The Kier molecular flexibility index (Phi) is 5.91. The van der Waals surface area contributed by atoms with E-state index in [1.807, 2.05) is 57.2 Å². The maximum atomic E-state index is 11.9. The highest BCUT2D eigenvalue weighted by molar-refractivity contribution is 5.85. The van der Waals surface area contributed by atoms with Crippen LogP contribution in [-0.4, -0.2) is 16.8 Å². The molecule has 0 aliphatic carbocycles. The minimum absolute atomic E-state index is 0.109. The Morgan fingerprint density at radius 1 is 1.12 bits per heavy atom. The fourth-order valence-electron chi connectivity index (χ4n) is 2.44. The number of hydrogen-bond donors (Lipinski definition) is 3. The van der Waals surface area contributed by atoms with E-state index in [1.165, 1.54) is 0 Å². The Labute approximate surface area is 149 Å². The summed E-state index contributed by atoms with van der Waals surface area (Å²) >= 11 is 0. The quantitative estimate of drug-likeness (QED) is 0.689. The average molecular weight is 342 g/mol. The van der Waals surface area contributed by atoms with Crippen molar-refractivity contribution in [1.29, 1.82) is 0 Å². The molecule has 1 unspecified atom stereocenters. The van der Waals surface area contributed by atoms with Crippen molar-refractivity contribution < 1.29 is 14.6 Å². The van der Waals surface area contributed by atoms with Gasteiger partial charge in [0.1, 0.15) is 11.4 Å². The predicted octanol–water partition coefficient (Wildman–Crippen LogP) is 5.30. The van der Waals surface area contributed by atoms with Crippen LogP contribution in [0.4, 0.5) is 16.2 Å². The van der Waals surface area contributed by atoms with Crippen LogP contribution in [0.3, 0.4) is 0 Å². The average Bonchev–Trinajstić information content (AvgIpc) is 2.52. The second-order valence-corrected chi connectivity index (χ2v) is 6.90. The normalized spacial score (nSPS) is 12.3. The van der Waals surface area contributed by atoms with Gasteiger partial charge in [0.2, 0.25) is 0 Å². The number of amides is 1. The molecular weight excluding hydrogens is 316 g/mol. The van der Waals surface area contributed by atoms with Gasteiger partial charge in [-0.05, 0) is 63.1 Å². The van der Waals surface area contributed by atoms with Crippen LogP contribution < -0.4 is 10.6 Å². The molecule has 0 aliphatic rings. The lowest BCUT2D eigenvalue weighted by Gasteiger charge is -2.21. The molecule has 2 aromatic carbocycles. The monoisotopic (exact) mass is 342 g/mol. The fraction of sp³-hybridized carbons (Fsp3) is 0.350. The molecule has 1 amide bonds. The molecule has 1 atom stereocenters. The van der Waals surface area contributed by atoms with E-state index in [-0.39, 0.29) is 11.8 Å². The van der Waals surface area contributed by atoms with Crippen LogP contribution in [0, 0.1) is 0 Å². The second-order valence-electron chi connectivity index (χ2n) is 6.90. The van der Waals surface area contributed by atoms with Crippen molar-refractivity contribution in [1.82, 2.24) is 0 Å². The Bertz CT molecular complexity index is 706. The Balaban J connectivity index is 2.07. The topological polar surface area (TPSA) is 70.6 Å².